The molecule has 5 rings (SSSR count). The molecule has 0 spiro atoms. The van der Waals surface area contributed by atoms with Crippen molar-refractivity contribution in [1.82, 2.24) is 14.5 Å². The molecule has 7 heteroatoms. The van der Waals surface area contributed by atoms with Gasteiger partial charge in [0.1, 0.15) is 17.2 Å². The second-order valence-electron chi connectivity index (χ2n) is 7.43. The lowest BCUT2D eigenvalue weighted by molar-refractivity contribution is 0.484. The van der Waals surface area contributed by atoms with Gasteiger partial charge in [0.15, 0.2) is 5.76 Å². The summed E-state index contributed by atoms with van der Waals surface area (Å²) in [6.45, 7) is 4.28. The molecule has 5 aromatic rings. The highest BCUT2D eigenvalue weighted by molar-refractivity contribution is 7.17. The molecule has 0 radical (unpaired) electrons. The van der Waals surface area contributed by atoms with Crippen LogP contribution in [0.1, 0.15) is 17.0 Å². The minimum Gasteiger partial charge on any atom is -0.439 e. The van der Waals surface area contributed by atoms with Crippen LogP contribution >= 0.6 is 11.3 Å². The van der Waals surface area contributed by atoms with E-state index in [2.05, 4.69) is 35.9 Å². The maximum atomic E-state index is 13.3. The summed E-state index contributed by atoms with van der Waals surface area (Å²) in [6, 6.07) is 12.2. The first kappa shape index (κ1) is 19.4. The van der Waals surface area contributed by atoms with E-state index in [4.69, 9.17) is 4.42 Å². The maximum Gasteiger partial charge on any atom is 0.263 e. The molecule has 3 aromatic heterocycles. The van der Waals surface area contributed by atoms with Crippen LogP contribution in [-0.4, -0.2) is 14.5 Å². The van der Waals surface area contributed by atoms with Gasteiger partial charge in [-0.05, 0) is 54.8 Å². The lowest BCUT2D eigenvalue weighted by Gasteiger charge is -2.06. The first-order chi connectivity index (χ1) is 15.0. The molecule has 0 amide bonds. The Morgan fingerprint density at radius 3 is 2.58 bits per heavy atom. The zero-order valence-corrected chi connectivity index (χ0v) is 17.7. The van der Waals surface area contributed by atoms with Gasteiger partial charge in [-0.1, -0.05) is 18.2 Å². The SMILES string of the molecule is Cc1ccc(-c2csc3ncn(Cc4ncc(-c5ccc(F)cc5)o4)c(=O)c23)cc1C. The topological polar surface area (TPSA) is 60.9 Å². The number of halogens is 1. The molecular weight excluding hydrogens is 413 g/mol. The molecule has 0 fully saturated rings. The molecule has 0 saturated carbocycles. The monoisotopic (exact) mass is 431 g/mol. The average molecular weight is 431 g/mol. The second kappa shape index (κ2) is 7.59. The van der Waals surface area contributed by atoms with Gasteiger partial charge < -0.3 is 4.42 Å². The van der Waals surface area contributed by atoms with Crippen molar-refractivity contribution in [3.63, 3.8) is 0 Å². The highest BCUT2D eigenvalue weighted by Gasteiger charge is 2.15. The Morgan fingerprint density at radius 2 is 1.81 bits per heavy atom. The fraction of sp³-hybridized carbons (Fsp3) is 0.125. The van der Waals surface area contributed by atoms with Crippen molar-refractivity contribution >= 4 is 21.6 Å². The van der Waals surface area contributed by atoms with Gasteiger partial charge in [-0.25, -0.2) is 14.4 Å². The van der Waals surface area contributed by atoms with E-state index in [1.807, 2.05) is 11.4 Å². The molecular formula is C24H18FN3O2S. The standard InChI is InChI=1S/C24H18FN3O2S/c1-14-3-4-17(9-15(14)2)19-12-31-23-22(19)24(29)28(13-27-23)11-21-26-10-20(30-21)16-5-7-18(25)8-6-16/h3-10,12-13H,11H2,1-2H3. The van der Waals surface area contributed by atoms with Gasteiger partial charge in [-0.2, -0.15) is 0 Å². The number of hydrogen-bond acceptors (Lipinski definition) is 5. The van der Waals surface area contributed by atoms with Gasteiger partial charge in [0, 0.05) is 16.5 Å². The first-order valence-electron chi connectivity index (χ1n) is 9.74. The Morgan fingerprint density at radius 1 is 1.03 bits per heavy atom. The highest BCUT2D eigenvalue weighted by Crippen LogP contribution is 2.31. The minimum atomic E-state index is -0.315. The molecule has 3 heterocycles. The van der Waals surface area contributed by atoms with Crippen LogP contribution in [0.2, 0.25) is 0 Å². The van der Waals surface area contributed by atoms with Gasteiger partial charge in [-0.15, -0.1) is 11.3 Å². The Labute approximate surface area is 181 Å². The van der Waals surface area contributed by atoms with Crippen molar-refractivity contribution in [3.05, 3.63) is 93.6 Å². The van der Waals surface area contributed by atoms with Crippen molar-refractivity contribution in [2.75, 3.05) is 0 Å². The summed E-state index contributed by atoms with van der Waals surface area (Å²) < 4.78 is 20.4. The van der Waals surface area contributed by atoms with Gasteiger partial charge in [0.05, 0.1) is 17.9 Å². The summed E-state index contributed by atoms with van der Waals surface area (Å²) in [5.74, 6) is 0.582. The third-order valence-electron chi connectivity index (χ3n) is 5.37. The largest absolute Gasteiger partial charge is 0.439 e. The van der Waals surface area contributed by atoms with Crippen molar-refractivity contribution in [2.24, 2.45) is 0 Å². The van der Waals surface area contributed by atoms with E-state index in [0.29, 0.717) is 21.9 Å². The van der Waals surface area contributed by atoms with E-state index in [1.54, 1.807) is 18.3 Å². The summed E-state index contributed by atoms with van der Waals surface area (Å²) >= 11 is 1.46. The maximum absolute atomic E-state index is 13.3. The summed E-state index contributed by atoms with van der Waals surface area (Å²) in [7, 11) is 0. The lowest BCUT2D eigenvalue weighted by atomic mass is 10.0. The van der Waals surface area contributed by atoms with E-state index in [0.717, 1.165) is 16.7 Å². The average Bonchev–Trinajstić information content (AvgIpc) is 3.40. The smallest absolute Gasteiger partial charge is 0.263 e. The fourth-order valence-corrected chi connectivity index (χ4v) is 4.38. The van der Waals surface area contributed by atoms with Crippen LogP contribution < -0.4 is 5.56 Å². The number of thiophene rings is 1. The van der Waals surface area contributed by atoms with E-state index in [1.165, 1.54) is 45.5 Å². The zero-order chi connectivity index (χ0) is 21.5. The van der Waals surface area contributed by atoms with Gasteiger partial charge in [0.25, 0.3) is 5.56 Å². The van der Waals surface area contributed by atoms with Crippen LogP contribution in [0.3, 0.4) is 0 Å². The predicted molar refractivity (Wildman–Crippen MR) is 120 cm³/mol. The Bertz CT molecular complexity index is 1460. The molecule has 0 saturated heterocycles. The van der Waals surface area contributed by atoms with Crippen molar-refractivity contribution in [3.8, 4) is 22.5 Å². The summed E-state index contributed by atoms with van der Waals surface area (Å²) in [5, 5.41) is 2.58. The molecule has 0 atom stereocenters. The van der Waals surface area contributed by atoms with E-state index < -0.39 is 0 Å². The molecule has 0 N–H and O–H groups in total. The van der Waals surface area contributed by atoms with Gasteiger partial charge in [-0.3, -0.25) is 9.36 Å². The number of oxazole rings is 1. The number of aromatic nitrogens is 3. The van der Waals surface area contributed by atoms with Crippen LogP contribution in [-0.2, 0) is 6.54 Å². The summed E-state index contributed by atoms with van der Waals surface area (Å²) in [4.78, 5) is 22.7. The van der Waals surface area contributed by atoms with Crippen LogP contribution in [0.5, 0.6) is 0 Å². The molecule has 0 unspecified atom stereocenters. The number of aryl methyl sites for hydroxylation is 2. The molecule has 0 aliphatic carbocycles. The van der Waals surface area contributed by atoms with Crippen LogP contribution in [0.25, 0.3) is 32.7 Å². The van der Waals surface area contributed by atoms with E-state index >= 15 is 0 Å². The number of benzene rings is 2. The van der Waals surface area contributed by atoms with Crippen LogP contribution in [0, 0.1) is 19.7 Å². The zero-order valence-electron chi connectivity index (χ0n) is 16.9. The first-order valence-corrected chi connectivity index (χ1v) is 10.6. The third-order valence-corrected chi connectivity index (χ3v) is 6.25. The molecule has 0 aliphatic rings. The second-order valence-corrected chi connectivity index (χ2v) is 8.29. The number of hydrogen-bond donors (Lipinski definition) is 0. The van der Waals surface area contributed by atoms with Crippen molar-refractivity contribution in [1.29, 1.82) is 0 Å². The normalized spacial score (nSPS) is 11.3. The van der Waals surface area contributed by atoms with Crippen molar-refractivity contribution in [2.45, 2.75) is 20.4 Å². The van der Waals surface area contributed by atoms with Crippen LogP contribution in [0.15, 0.2) is 69.6 Å². The van der Waals surface area contributed by atoms with Gasteiger partial charge >= 0.3 is 0 Å². The minimum absolute atomic E-state index is 0.138. The van der Waals surface area contributed by atoms with E-state index in [9.17, 15) is 9.18 Å². The Kier molecular flexibility index (Phi) is 4.75. The quantitative estimate of drug-likeness (QED) is 0.372. The number of rotatable bonds is 4. The summed E-state index contributed by atoms with van der Waals surface area (Å²) in [6.07, 6.45) is 3.10. The Balaban J connectivity index is 1.51. The Hall–Kier alpha value is -3.58. The molecule has 154 valence electrons. The molecule has 5 nitrogen and oxygen atoms in total. The fourth-order valence-electron chi connectivity index (χ4n) is 3.48. The highest BCUT2D eigenvalue weighted by atomic mass is 32.1. The molecule has 2 aromatic carbocycles. The molecule has 0 bridgehead atoms. The molecule has 31 heavy (non-hydrogen) atoms. The van der Waals surface area contributed by atoms with Crippen molar-refractivity contribution < 1.29 is 8.81 Å². The molecule has 0 aliphatic heterocycles. The lowest BCUT2D eigenvalue weighted by Crippen LogP contribution is -2.21. The number of nitrogens with zero attached hydrogens (tertiary/aromatic N) is 3. The van der Waals surface area contributed by atoms with E-state index in [-0.39, 0.29) is 17.9 Å². The van der Waals surface area contributed by atoms with Gasteiger partial charge in [0.2, 0.25) is 5.89 Å². The number of fused-ring (bicyclic) bond motifs is 1. The third kappa shape index (κ3) is 3.57. The van der Waals surface area contributed by atoms with Crippen LogP contribution in [0.4, 0.5) is 4.39 Å². The predicted octanol–water partition coefficient (Wildman–Crippen LogP) is 5.58. The summed E-state index contributed by atoms with van der Waals surface area (Å²) in [5.41, 5.74) is 4.85.